The first-order valence-corrected chi connectivity index (χ1v) is 9.36. The van der Waals surface area contributed by atoms with Gasteiger partial charge in [-0.1, -0.05) is 0 Å². The number of carbonyl (C=O) groups excluding carboxylic acids is 1. The number of alkyl carbamates (subject to hydrolysis) is 1. The lowest BCUT2D eigenvalue weighted by atomic mass is 10.2. The van der Waals surface area contributed by atoms with Crippen LogP contribution in [-0.4, -0.2) is 54.8 Å². The number of rotatable bonds is 8. The molecule has 0 heterocycles. The number of nitrogens with zero attached hydrogens (tertiary/aromatic N) is 1. The van der Waals surface area contributed by atoms with Gasteiger partial charge in [-0.15, -0.1) is 24.0 Å². The maximum absolute atomic E-state index is 11.5. The van der Waals surface area contributed by atoms with Crippen molar-refractivity contribution in [3.05, 3.63) is 0 Å². The van der Waals surface area contributed by atoms with E-state index in [9.17, 15) is 4.79 Å². The van der Waals surface area contributed by atoms with Gasteiger partial charge in [0.05, 0.1) is 6.54 Å². The number of amides is 1. The number of halogens is 1. The quantitative estimate of drug-likeness (QED) is 0.218. The summed E-state index contributed by atoms with van der Waals surface area (Å²) < 4.78 is 5.31. The minimum atomic E-state index is -0.461. The molecule has 0 aliphatic carbocycles. The fourth-order valence-electron chi connectivity index (χ4n) is 1.48. The first-order valence-electron chi connectivity index (χ1n) is 8.14. The standard InChI is InChI=1S/C16H34N4O2S.HI/c1-8-17-13(20-12-16(5,6)23-7)18-10-9-11-19-14(21)22-15(2,3)4;/h8-12H2,1-7H3,(H,19,21)(H2,17,18,20);1H. The lowest BCUT2D eigenvalue weighted by molar-refractivity contribution is 0.0527. The van der Waals surface area contributed by atoms with E-state index in [1.807, 2.05) is 27.7 Å². The lowest BCUT2D eigenvalue weighted by Crippen LogP contribution is -2.40. The summed E-state index contributed by atoms with van der Waals surface area (Å²) >= 11 is 1.80. The van der Waals surface area contributed by atoms with E-state index < -0.39 is 5.60 Å². The molecule has 0 unspecified atom stereocenters. The number of aliphatic imine (C=N–C) groups is 1. The highest BCUT2D eigenvalue weighted by atomic mass is 127. The second-order valence-corrected chi connectivity index (χ2v) is 8.38. The third kappa shape index (κ3) is 15.2. The lowest BCUT2D eigenvalue weighted by Gasteiger charge is -2.20. The van der Waals surface area contributed by atoms with Crippen molar-refractivity contribution in [2.24, 2.45) is 4.99 Å². The molecule has 0 aliphatic heterocycles. The fraction of sp³-hybridized carbons (Fsp3) is 0.875. The summed E-state index contributed by atoms with van der Waals surface area (Å²) in [6.07, 6.45) is 2.52. The average Bonchev–Trinajstić information content (AvgIpc) is 2.42. The molecule has 0 bridgehead atoms. The second kappa shape index (κ2) is 12.9. The first kappa shape index (κ1) is 25.9. The molecule has 6 nitrogen and oxygen atoms in total. The van der Waals surface area contributed by atoms with Crippen molar-refractivity contribution < 1.29 is 9.53 Å². The Morgan fingerprint density at radius 1 is 1.08 bits per heavy atom. The topological polar surface area (TPSA) is 74.8 Å². The predicted octanol–water partition coefficient (Wildman–Crippen LogP) is 3.22. The molecule has 0 saturated heterocycles. The van der Waals surface area contributed by atoms with E-state index in [4.69, 9.17) is 4.74 Å². The molecule has 3 N–H and O–H groups in total. The first-order chi connectivity index (χ1) is 10.6. The molecule has 0 radical (unpaired) electrons. The van der Waals surface area contributed by atoms with Gasteiger partial charge in [-0.3, -0.25) is 4.99 Å². The smallest absolute Gasteiger partial charge is 0.407 e. The molecule has 0 fully saturated rings. The summed E-state index contributed by atoms with van der Waals surface area (Å²) in [4.78, 5) is 16.1. The van der Waals surface area contributed by atoms with Crippen LogP contribution in [0.1, 0.15) is 48.0 Å². The van der Waals surface area contributed by atoms with Crippen molar-refractivity contribution in [2.45, 2.75) is 58.3 Å². The van der Waals surface area contributed by atoms with Crippen molar-refractivity contribution in [3.63, 3.8) is 0 Å². The van der Waals surface area contributed by atoms with Crippen molar-refractivity contribution in [1.82, 2.24) is 16.0 Å². The van der Waals surface area contributed by atoms with E-state index in [1.165, 1.54) is 0 Å². The molecule has 0 atom stereocenters. The van der Waals surface area contributed by atoms with Crippen LogP contribution >= 0.6 is 35.7 Å². The van der Waals surface area contributed by atoms with E-state index in [1.54, 1.807) is 11.8 Å². The number of hydrogen-bond acceptors (Lipinski definition) is 4. The third-order valence-corrected chi connectivity index (χ3v) is 4.06. The number of thioether (sulfide) groups is 1. The highest BCUT2D eigenvalue weighted by Gasteiger charge is 2.16. The van der Waals surface area contributed by atoms with Crippen molar-refractivity contribution in [2.75, 3.05) is 32.4 Å². The van der Waals surface area contributed by atoms with Gasteiger partial charge in [-0.2, -0.15) is 11.8 Å². The minimum Gasteiger partial charge on any atom is -0.444 e. The van der Waals surface area contributed by atoms with Crippen LogP contribution in [0, 0.1) is 0 Å². The highest BCUT2D eigenvalue weighted by Crippen LogP contribution is 2.20. The molecule has 0 spiro atoms. The Kier molecular flexibility index (Phi) is 13.9. The number of carbonyl (C=O) groups is 1. The predicted molar refractivity (Wildman–Crippen MR) is 116 cm³/mol. The Bertz CT molecular complexity index is 385. The zero-order valence-electron chi connectivity index (χ0n) is 16.1. The summed E-state index contributed by atoms with van der Waals surface area (Å²) in [6, 6.07) is 0. The second-order valence-electron chi connectivity index (χ2n) is 6.87. The van der Waals surface area contributed by atoms with E-state index in [-0.39, 0.29) is 34.8 Å². The Balaban J connectivity index is 0. The average molecular weight is 474 g/mol. The summed E-state index contributed by atoms with van der Waals surface area (Å²) in [6.45, 7) is 14.8. The molecule has 1 amide bonds. The van der Waals surface area contributed by atoms with Crippen LogP contribution < -0.4 is 16.0 Å². The number of hydrogen-bond donors (Lipinski definition) is 3. The Hall–Kier alpha value is -0.380. The molecule has 0 saturated carbocycles. The molecule has 0 aliphatic rings. The van der Waals surface area contributed by atoms with Crippen molar-refractivity contribution in [1.29, 1.82) is 0 Å². The number of guanidine groups is 1. The highest BCUT2D eigenvalue weighted by molar-refractivity contribution is 14.0. The van der Waals surface area contributed by atoms with Crippen LogP contribution in [0.5, 0.6) is 0 Å². The van der Waals surface area contributed by atoms with E-state index in [0.717, 1.165) is 32.0 Å². The summed E-state index contributed by atoms with van der Waals surface area (Å²) in [5.41, 5.74) is -0.461. The zero-order chi connectivity index (χ0) is 17.9. The zero-order valence-corrected chi connectivity index (χ0v) is 19.3. The Morgan fingerprint density at radius 2 is 1.67 bits per heavy atom. The van der Waals surface area contributed by atoms with Gasteiger partial charge in [0.25, 0.3) is 0 Å². The minimum absolute atomic E-state index is 0. The van der Waals surface area contributed by atoms with Gasteiger partial charge in [0, 0.05) is 24.4 Å². The molecule has 8 heteroatoms. The number of nitrogens with one attached hydrogen (secondary N) is 3. The van der Waals surface area contributed by atoms with Crippen LogP contribution in [0.4, 0.5) is 4.79 Å². The van der Waals surface area contributed by atoms with Crippen LogP contribution in [0.2, 0.25) is 0 Å². The van der Waals surface area contributed by atoms with Gasteiger partial charge in [0.15, 0.2) is 5.96 Å². The Morgan fingerprint density at radius 3 is 2.17 bits per heavy atom. The largest absolute Gasteiger partial charge is 0.444 e. The molecule has 0 aromatic carbocycles. The molecule has 24 heavy (non-hydrogen) atoms. The van der Waals surface area contributed by atoms with Gasteiger partial charge in [0.2, 0.25) is 0 Å². The van der Waals surface area contributed by atoms with E-state index in [0.29, 0.717) is 6.54 Å². The van der Waals surface area contributed by atoms with Gasteiger partial charge in [0.1, 0.15) is 5.60 Å². The molecule has 0 aromatic rings. The summed E-state index contributed by atoms with van der Waals surface area (Å²) in [7, 11) is 0. The maximum atomic E-state index is 11.5. The third-order valence-electron chi connectivity index (χ3n) is 2.83. The summed E-state index contributed by atoms with van der Waals surface area (Å²) in [5, 5.41) is 9.25. The van der Waals surface area contributed by atoms with Gasteiger partial charge in [-0.05, 0) is 54.2 Å². The van der Waals surface area contributed by atoms with Crippen LogP contribution in [0.15, 0.2) is 4.99 Å². The fourth-order valence-corrected chi connectivity index (χ4v) is 1.67. The van der Waals surface area contributed by atoms with Crippen LogP contribution in [0.25, 0.3) is 0 Å². The molecule has 144 valence electrons. The maximum Gasteiger partial charge on any atom is 0.407 e. The SMILES string of the molecule is CCNC(=NCC(C)(C)SC)NCCCNC(=O)OC(C)(C)C.I. The summed E-state index contributed by atoms with van der Waals surface area (Å²) in [5.74, 6) is 0.812. The normalized spacial score (nSPS) is 12.2. The van der Waals surface area contributed by atoms with Gasteiger partial charge < -0.3 is 20.7 Å². The van der Waals surface area contributed by atoms with Crippen LogP contribution in [0.3, 0.4) is 0 Å². The number of ether oxygens (including phenoxy) is 1. The monoisotopic (exact) mass is 474 g/mol. The Labute approximate surface area is 168 Å². The van der Waals surface area contributed by atoms with Gasteiger partial charge >= 0.3 is 6.09 Å². The molecular formula is C16H35IN4O2S. The molecular weight excluding hydrogens is 439 g/mol. The molecule has 0 rings (SSSR count). The van der Waals surface area contributed by atoms with Gasteiger partial charge in [-0.25, -0.2) is 4.79 Å². The van der Waals surface area contributed by atoms with E-state index in [2.05, 4.69) is 41.0 Å². The van der Waals surface area contributed by atoms with Crippen LogP contribution in [-0.2, 0) is 4.74 Å². The molecule has 0 aromatic heterocycles. The van der Waals surface area contributed by atoms with E-state index >= 15 is 0 Å². The van der Waals surface area contributed by atoms with Crippen molar-refractivity contribution in [3.8, 4) is 0 Å². The van der Waals surface area contributed by atoms with Crippen molar-refractivity contribution >= 4 is 47.8 Å².